The lowest BCUT2D eigenvalue weighted by Crippen LogP contribution is -2.48. The molecule has 1 fully saturated rings. The minimum Gasteiger partial charge on any atom is -0.382 e. The third-order valence-corrected chi connectivity index (χ3v) is 5.85. The Morgan fingerprint density at radius 3 is 2.68 bits per heavy atom. The van der Waals surface area contributed by atoms with Crippen molar-refractivity contribution in [3.63, 3.8) is 0 Å². The van der Waals surface area contributed by atoms with Crippen LogP contribution in [0.15, 0.2) is 35.4 Å². The number of H-pyrrole nitrogens is 1. The van der Waals surface area contributed by atoms with Crippen LogP contribution in [-0.4, -0.2) is 46.3 Å². The highest BCUT2D eigenvalue weighted by Crippen LogP contribution is 2.32. The highest BCUT2D eigenvalue weighted by molar-refractivity contribution is 7.89. The van der Waals surface area contributed by atoms with E-state index < -0.39 is 15.6 Å². The first-order chi connectivity index (χ1) is 10.4. The van der Waals surface area contributed by atoms with Crippen molar-refractivity contribution in [2.24, 2.45) is 0 Å². The van der Waals surface area contributed by atoms with Crippen LogP contribution in [0.2, 0.25) is 0 Å². The average Bonchev–Trinajstić information content (AvgIpc) is 3.03. The average molecular weight is 322 g/mol. The van der Waals surface area contributed by atoms with Crippen LogP contribution in [0.5, 0.6) is 0 Å². The van der Waals surface area contributed by atoms with E-state index in [1.165, 1.54) is 10.5 Å². The van der Waals surface area contributed by atoms with Crippen LogP contribution in [-0.2, 0) is 15.6 Å². The number of nitrogens with zero attached hydrogens (tertiary/aromatic N) is 3. The van der Waals surface area contributed by atoms with E-state index in [9.17, 15) is 13.5 Å². The quantitative estimate of drug-likeness (QED) is 0.870. The molecule has 1 aliphatic rings. The molecule has 0 spiro atoms. The van der Waals surface area contributed by atoms with Crippen molar-refractivity contribution < 1.29 is 13.5 Å². The molecule has 2 heterocycles. The molecular formula is C14H18N4O3S. The zero-order valence-corrected chi connectivity index (χ0v) is 13.0. The van der Waals surface area contributed by atoms with Crippen LogP contribution in [0.1, 0.15) is 24.1 Å². The fraction of sp³-hybridized carbons (Fsp3) is 0.429. The first-order valence-corrected chi connectivity index (χ1v) is 8.51. The molecule has 3 rings (SSSR count). The fourth-order valence-electron chi connectivity index (χ4n) is 2.70. The molecule has 0 saturated carbocycles. The van der Waals surface area contributed by atoms with Crippen LogP contribution in [0.3, 0.4) is 0 Å². The van der Waals surface area contributed by atoms with Gasteiger partial charge in [-0.2, -0.15) is 19.7 Å². The van der Waals surface area contributed by atoms with Crippen LogP contribution < -0.4 is 0 Å². The van der Waals surface area contributed by atoms with E-state index >= 15 is 0 Å². The predicted octanol–water partition coefficient (Wildman–Crippen LogP) is 0.785. The Kier molecular flexibility index (Phi) is 3.75. The summed E-state index contributed by atoms with van der Waals surface area (Å²) in [7, 11) is -3.63. The highest BCUT2D eigenvalue weighted by Gasteiger charge is 2.41. The number of hydrogen-bond donors (Lipinski definition) is 2. The van der Waals surface area contributed by atoms with Crippen molar-refractivity contribution in [3.05, 3.63) is 41.7 Å². The molecule has 1 saturated heterocycles. The Balaban J connectivity index is 1.90. The predicted molar refractivity (Wildman–Crippen MR) is 79.5 cm³/mol. The largest absolute Gasteiger partial charge is 0.382 e. The standard InChI is InChI=1S/C14H18N4O3S/c1-11-3-5-12(6-4-11)22(20,21)18-8-2-7-14(19,10-18)13-9-15-17-16-13/h3-6,9,19H,2,7-8,10H2,1H3,(H,15,16,17). The number of sulfonamides is 1. The molecule has 1 atom stereocenters. The smallest absolute Gasteiger partial charge is 0.243 e. The Morgan fingerprint density at radius 1 is 1.32 bits per heavy atom. The van der Waals surface area contributed by atoms with Crippen molar-refractivity contribution >= 4 is 10.0 Å². The van der Waals surface area contributed by atoms with E-state index in [1.54, 1.807) is 24.3 Å². The molecule has 7 nitrogen and oxygen atoms in total. The number of aromatic amines is 1. The number of aliphatic hydroxyl groups is 1. The van der Waals surface area contributed by atoms with Gasteiger partial charge in [0.25, 0.3) is 0 Å². The maximum Gasteiger partial charge on any atom is 0.243 e. The van der Waals surface area contributed by atoms with Crippen molar-refractivity contribution in [2.75, 3.05) is 13.1 Å². The summed E-state index contributed by atoms with van der Waals surface area (Å²) in [5.74, 6) is 0. The van der Waals surface area contributed by atoms with E-state index in [0.717, 1.165) is 5.56 Å². The van der Waals surface area contributed by atoms with Gasteiger partial charge >= 0.3 is 0 Å². The number of hydrogen-bond acceptors (Lipinski definition) is 5. The summed E-state index contributed by atoms with van der Waals surface area (Å²) in [6.07, 6.45) is 2.45. The number of nitrogens with one attached hydrogen (secondary N) is 1. The summed E-state index contributed by atoms with van der Waals surface area (Å²) in [5.41, 5.74) is 0.0660. The molecule has 22 heavy (non-hydrogen) atoms. The number of piperidine rings is 1. The molecule has 0 aliphatic carbocycles. The Morgan fingerprint density at radius 2 is 2.05 bits per heavy atom. The fourth-order valence-corrected chi connectivity index (χ4v) is 4.23. The lowest BCUT2D eigenvalue weighted by atomic mass is 9.91. The third kappa shape index (κ3) is 2.65. The molecule has 118 valence electrons. The maximum absolute atomic E-state index is 12.7. The Bertz CT molecular complexity index is 743. The maximum atomic E-state index is 12.7. The summed E-state index contributed by atoms with van der Waals surface area (Å²) in [6.45, 7) is 2.27. The van der Waals surface area contributed by atoms with Crippen LogP contribution >= 0.6 is 0 Å². The SMILES string of the molecule is Cc1ccc(S(=O)(=O)N2CCCC(O)(c3cn[nH]n3)C2)cc1. The number of aryl methyl sites for hydroxylation is 1. The van der Waals surface area contributed by atoms with Gasteiger partial charge in [0.1, 0.15) is 11.3 Å². The van der Waals surface area contributed by atoms with Crippen LogP contribution in [0, 0.1) is 6.92 Å². The number of rotatable bonds is 3. The zero-order valence-electron chi connectivity index (χ0n) is 12.2. The third-order valence-electron chi connectivity index (χ3n) is 3.99. The van der Waals surface area contributed by atoms with E-state index in [2.05, 4.69) is 15.4 Å². The summed E-state index contributed by atoms with van der Waals surface area (Å²) in [6, 6.07) is 6.71. The van der Waals surface area contributed by atoms with Gasteiger partial charge in [0.2, 0.25) is 10.0 Å². The Labute approximate surface area is 129 Å². The monoisotopic (exact) mass is 322 g/mol. The topological polar surface area (TPSA) is 99.2 Å². The van der Waals surface area contributed by atoms with Gasteiger partial charge < -0.3 is 5.11 Å². The first kappa shape index (κ1) is 15.1. The summed E-state index contributed by atoms with van der Waals surface area (Å²) in [5, 5.41) is 20.8. The molecule has 2 aromatic rings. The lowest BCUT2D eigenvalue weighted by Gasteiger charge is -2.37. The minimum absolute atomic E-state index is 0.0181. The van der Waals surface area contributed by atoms with E-state index in [4.69, 9.17) is 0 Å². The van der Waals surface area contributed by atoms with Gasteiger partial charge in [-0.05, 0) is 31.9 Å². The zero-order chi connectivity index (χ0) is 15.8. The van der Waals surface area contributed by atoms with Gasteiger partial charge in [-0.25, -0.2) is 8.42 Å². The van der Waals surface area contributed by atoms with Crippen LogP contribution in [0.4, 0.5) is 0 Å². The van der Waals surface area contributed by atoms with Gasteiger partial charge in [0, 0.05) is 13.1 Å². The minimum atomic E-state index is -3.63. The molecule has 1 aromatic carbocycles. The molecule has 0 bridgehead atoms. The van der Waals surface area contributed by atoms with Crippen molar-refractivity contribution in [3.8, 4) is 0 Å². The molecule has 0 amide bonds. The number of β-amino-alcohol motifs (C(OH)–C–C–N with tert-alkyl or cyclic N) is 1. The Hall–Kier alpha value is -1.77. The second-order valence-corrected chi connectivity index (χ2v) is 7.58. The van der Waals surface area contributed by atoms with Crippen LogP contribution in [0.25, 0.3) is 0 Å². The second-order valence-electron chi connectivity index (χ2n) is 5.64. The molecule has 1 aromatic heterocycles. The van der Waals surface area contributed by atoms with E-state index in [-0.39, 0.29) is 11.4 Å². The van der Waals surface area contributed by atoms with Crippen molar-refractivity contribution in [1.29, 1.82) is 0 Å². The lowest BCUT2D eigenvalue weighted by molar-refractivity contribution is -0.0161. The molecule has 1 unspecified atom stereocenters. The number of aromatic nitrogens is 3. The number of benzene rings is 1. The van der Waals surface area contributed by atoms with Gasteiger partial charge in [0.15, 0.2) is 0 Å². The van der Waals surface area contributed by atoms with E-state index in [0.29, 0.717) is 25.1 Å². The van der Waals surface area contributed by atoms with Crippen molar-refractivity contribution in [1.82, 2.24) is 19.7 Å². The molecule has 1 aliphatic heterocycles. The van der Waals surface area contributed by atoms with Gasteiger partial charge in [0.05, 0.1) is 11.1 Å². The molecule has 0 radical (unpaired) electrons. The van der Waals surface area contributed by atoms with Crippen molar-refractivity contribution in [2.45, 2.75) is 30.3 Å². The molecule has 8 heteroatoms. The normalized spacial score (nSPS) is 23.5. The first-order valence-electron chi connectivity index (χ1n) is 7.07. The van der Waals surface area contributed by atoms with Gasteiger partial charge in [-0.3, -0.25) is 0 Å². The van der Waals surface area contributed by atoms with Gasteiger partial charge in [-0.1, -0.05) is 17.7 Å². The summed E-state index contributed by atoms with van der Waals surface area (Å²) in [4.78, 5) is 0.238. The molecular weight excluding hydrogens is 304 g/mol. The molecule has 2 N–H and O–H groups in total. The van der Waals surface area contributed by atoms with E-state index in [1.807, 2.05) is 6.92 Å². The summed E-state index contributed by atoms with van der Waals surface area (Å²) < 4.78 is 26.8. The van der Waals surface area contributed by atoms with Gasteiger partial charge in [-0.15, -0.1) is 0 Å². The summed E-state index contributed by atoms with van der Waals surface area (Å²) >= 11 is 0. The highest BCUT2D eigenvalue weighted by atomic mass is 32.2. The second kappa shape index (κ2) is 5.45.